The standard InChI is InChI=1S/C6H6NO2S/c7-5(8)3-4-1-2-10-6(4)9/h1-2,7,9H,3H2. The second kappa shape index (κ2) is 2.70. The van der Waals surface area contributed by atoms with Gasteiger partial charge in [-0.1, -0.05) is 0 Å². The number of hydrogen-bond acceptors (Lipinski definition) is 3. The summed E-state index contributed by atoms with van der Waals surface area (Å²) in [6, 6.07) is 1.65. The van der Waals surface area contributed by atoms with Gasteiger partial charge in [0, 0.05) is 5.56 Å². The first-order valence-electron chi connectivity index (χ1n) is 2.70. The lowest BCUT2D eigenvalue weighted by atomic mass is 10.2. The molecule has 1 rings (SSSR count). The van der Waals surface area contributed by atoms with Crippen molar-refractivity contribution in [2.45, 2.75) is 6.42 Å². The zero-order valence-corrected chi connectivity index (χ0v) is 5.94. The number of hydrogen-bond donors (Lipinski definition) is 1. The highest BCUT2D eigenvalue weighted by Crippen LogP contribution is 2.23. The van der Waals surface area contributed by atoms with Gasteiger partial charge >= 0.3 is 0 Å². The summed E-state index contributed by atoms with van der Waals surface area (Å²) in [5.41, 5.74) is 7.15. The van der Waals surface area contributed by atoms with Crippen molar-refractivity contribution in [1.29, 1.82) is 0 Å². The van der Waals surface area contributed by atoms with Crippen LogP contribution < -0.4 is 5.73 Å². The minimum Gasteiger partial charge on any atom is -0.499 e. The third-order valence-electron chi connectivity index (χ3n) is 1.07. The van der Waals surface area contributed by atoms with Gasteiger partial charge in [-0.2, -0.15) is 0 Å². The van der Waals surface area contributed by atoms with Crippen molar-refractivity contribution < 1.29 is 9.90 Å². The number of carbonyl (C=O) groups is 1. The molecule has 10 heavy (non-hydrogen) atoms. The Hall–Kier alpha value is -1.03. The summed E-state index contributed by atoms with van der Waals surface area (Å²) in [5.74, 6) is -0.673. The molecule has 53 valence electrons. The number of amides is 1. The highest BCUT2D eigenvalue weighted by molar-refractivity contribution is 7.11. The summed E-state index contributed by atoms with van der Waals surface area (Å²) in [6.07, 6.45) is 0.00926. The summed E-state index contributed by atoms with van der Waals surface area (Å²) >= 11 is 1.17. The molecule has 1 amide bonds. The molecule has 0 aliphatic heterocycles. The average molecular weight is 156 g/mol. The molecular weight excluding hydrogens is 150 g/mol. The van der Waals surface area contributed by atoms with Crippen molar-refractivity contribution in [3.8, 4) is 5.06 Å². The first-order chi connectivity index (χ1) is 4.70. The van der Waals surface area contributed by atoms with Gasteiger partial charge in [0.05, 0.1) is 6.42 Å². The van der Waals surface area contributed by atoms with Crippen molar-refractivity contribution in [3.05, 3.63) is 17.0 Å². The fraction of sp³-hybridized carbons (Fsp3) is 0.167. The zero-order chi connectivity index (χ0) is 7.56. The molecule has 1 heterocycles. The summed E-state index contributed by atoms with van der Waals surface area (Å²) in [7, 11) is 0. The monoisotopic (exact) mass is 156 g/mol. The van der Waals surface area contributed by atoms with Gasteiger partial charge in [-0.05, 0) is 11.4 Å². The van der Waals surface area contributed by atoms with Crippen LogP contribution >= 0.6 is 11.3 Å². The topological polar surface area (TPSA) is 61.1 Å². The van der Waals surface area contributed by atoms with Crippen LogP contribution in [0.25, 0.3) is 0 Å². The minimum atomic E-state index is -0.673. The summed E-state index contributed by atoms with van der Waals surface area (Å²) < 4.78 is 0. The third-order valence-corrected chi connectivity index (χ3v) is 1.83. The molecule has 0 aromatic carbocycles. The molecular formula is C6H6NO2S. The normalized spacial score (nSPS) is 9.60. The Morgan fingerprint density at radius 2 is 2.50 bits per heavy atom. The Morgan fingerprint density at radius 3 is 2.90 bits per heavy atom. The minimum absolute atomic E-state index is 0.00926. The molecule has 0 saturated carbocycles. The Bertz CT molecular complexity index is 244. The maximum atomic E-state index is 10.2. The third kappa shape index (κ3) is 1.48. The molecule has 1 radical (unpaired) electrons. The van der Waals surface area contributed by atoms with E-state index < -0.39 is 5.91 Å². The van der Waals surface area contributed by atoms with Gasteiger partial charge in [-0.25, -0.2) is 0 Å². The molecule has 0 aliphatic carbocycles. The number of nitrogens with one attached hydrogen (secondary N) is 1. The van der Waals surface area contributed by atoms with Crippen LogP contribution in [0.5, 0.6) is 5.06 Å². The van der Waals surface area contributed by atoms with Gasteiger partial charge in [0.25, 0.3) is 0 Å². The highest BCUT2D eigenvalue weighted by Gasteiger charge is 2.04. The fourth-order valence-corrected chi connectivity index (χ4v) is 1.29. The summed E-state index contributed by atoms with van der Waals surface area (Å²) in [6.45, 7) is 0. The van der Waals surface area contributed by atoms with Gasteiger partial charge in [0.1, 0.15) is 0 Å². The Balaban J connectivity index is 2.74. The van der Waals surface area contributed by atoms with E-state index >= 15 is 0 Å². The summed E-state index contributed by atoms with van der Waals surface area (Å²) in [4.78, 5) is 10.2. The number of aromatic hydroxyl groups is 1. The molecule has 2 N–H and O–H groups in total. The van der Waals surface area contributed by atoms with Crippen LogP contribution in [0.1, 0.15) is 5.56 Å². The van der Waals surface area contributed by atoms with E-state index in [1.165, 1.54) is 11.3 Å². The SMILES string of the molecule is [NH]C(=O)Cc1ccsc1O. The van der Waals surface area contributed by atoms with Crippen molar-refractivity contribution in [1.82, 2.24) is 5.73 Å². The molecule has 0 aliphatic rings. The first kappa shape index (κ1) is 7.08. The molecule has 0 saturated heterocycles. The van der Waals surface area contributed by atoms with Crippen LogP contribution in [0.15, 0.2) is 11.4 Å². The number of rotatable bonds is 2. The van der Waals surface area contributed by atoms with Crippen LogP contribution in [-0.2, 0) is 11.2 Å². The predicted molar refractivity (Wildman–Crippen MR) is 37.8 cm³/mol. The van der Waals surface area contributed by atoms with Crippen LogP contribution in [0.2, 0.25) is 0 Å². The van der Waals surface area contributed by atoms with Gasteiger partial charge in [0.15, 0.2) is 5.06 Å². The molecule has 3 nitrogen and oxygen atoms in total. The lowest BCUT2D eigenvalue weighted by molar-refractivity contribution is -0.118. The van der Waals surface area contributed by atoms with E-state index in [9.17, 15) is 4.79 Å². The Morgan fingerprint density at radius 1 is 1.80 bits per heavy atom. The number of carbonyl (C=O) groups excluding carboxylic acids is 1. The molecule has 1 aromatic rings. The maximum absolute atomic E-state index is 10.2. The quantitative estimate of drug-likeness (QED) is 0.688. The van der Waals surface area contributed by atoms with E-state index in [2.05, 4.69) is 0 Å². The van der Waals surface area contributed by atoms with E-state index in [4.69, 9.17) is 10.8 Å². The predicted octanol–water partition coefficient (Wildman–Crippen LogP) is 0.806. The molecule has 1 aromatic heterocycles. The van der Waals surface area contributed by atoms with Crippen LogP contribution in [0.4, 0.5) is 0 Å². The Kier molecular flexibility index (Phi) is 1.91. The van der Waals surface area contributed by atoms with Crippen molar-refractivity contribution in [3.63, 3.8) is 0 Å². The molecule has 4 heteroatoms. The van der Waals surface area contributed by atoms with Crippen molar-refractivity contribution in [2.24, 2.45) is 0 Å². The summed E-state index contributed by atoms with van der Waals surface area (Å²) in [5, 5.41) is 10.8. The van der Waals surface area contributed by atoms with E-state index in [0.29, 0.717) is 5.56 Å². The van der Waals surface area contributed by atoms with Gasteiger partial charge < -0.3 is 5.11 Å². The second-order valence-corrected chi connectivity index (χ2v) is 2.75. The Labute approximate surface area is 62.1 Å². The van der Waals surface area contributed by atoms with Crippen LogP contribution in [0, 0.1) is 0 Å². The zero-order valence-electron chi connectivity index (χ0n) is 5.13. The maximum Gasteiger partial charge on any atom is 0.242 e. The molecule has 0 fully saturated rings. The lowest BCUT2D eigenvalue weighted by Crippen LogP contribution is -2.00. The van der Waals surface area contributed by atoms with Crippen LogP contribution in [0.3, 0.4) is 0 Å². The molecule has 0 unspecified atom stereocenters. The van der Waals surface area contributed by atoms with Crippen molar-refractivity contribution >= 4 is 17.2 Å². The van der Waals surface area contributed by atoms with E-state index in [-0.39, 0.29) is 11.5 Å². The second-order valence-electron chi connectivity index (χ2n) is 1.85. The smallest absolute Gasteiger partial charge is 0.242 e. The van der Waals surface area contributed by atoms with E-state index in [0.717, 1.165) is 0 Å². The fourth-order valence-electron chi connectivity index (χ4n) is 0.635. The van der Waals surface area contributed by atoms with Crippen LogP contribution in [-0.4, -0.2) is 11.0 Å². The molecule has 0 bridgehead atoms. The van der Waals surface area contributed by atoms with Crippen molar-refractivity contribution in [2.75, 3.05) is 0 Å². The van der Waals surface area contributed by atoms with Gasteiger partial charge in [-0.3, -0.25) is 10.5 Å². The van der Waals surface area contributed by atoms with E-state index in [1.807, 2.05) is 0 Å². The lowest BCUT2D eigenvalue weighted by Gasteiger charge is -1.90. The molecule has 0 atom stereocenters. The van der Waals surface area contributed by atoms with Gasteiger partial charge in [-0.15, -0.1) is 11.3 Å². The van der Waals surface area contributed by atoms with E-state index in [1.54, 1.807) is 11.4 Å². The largest absolute Gasteiger partial charge is 0.499 e. The first-order valence-corrected chi connectivity index (χ1v) is 3.58. The number of thiophene rings is 1. The highest BCUT2D eigenvalue weighted by atomic mass is 32.1. The van der Waals surface area contributed by atoms with Gasteiger partial charge in [0.2, 0.25) is 5.91 Å². The average Bonchev–Trinajstić information content (AvgIpc) is 2.15. The molecule has 0 spiro atoms.